The largest absolute Gasteiger partial charge is 0.495 e. The third-order valence-electron chi connectivity index (χ3n) is 4.43. The van der Waals surface area contributed by atoms with Crippen LogP contribution in [0.4, 0.5) is 10.1 Å². The number of nitrogens with one attached hydrogen (secondary N) is 2. The zero-order valence-corrected chi connectivity index (χ0v) is 15.8. The van der Waals surface area contributed by atoms with Crippen LogP contribution < -0.4 is 15.5 Å². The zero-order chi connectivity index (χ0) is 21.1. The summed E-state index contributed by atoms with van der Waals surface area (Å²) in [5.74, 6) is -2.11. The number of hydrogen-bond acceptors (Lipinski definition) is 5. The fourth-order valence-electron chi connectivity index (χ4n) is 2.99. The van der Waals surface area contributed by atoms with Crippen LogP contribution in [0, 0.1) is 5.82 Å². The van der Waals surface area contributed by atoms with E-state index in [1.807, 2.05) is 24.3 Å². The van der Waals surface area contributed by atoms with Crippen molar-refractivity contribution >= 4 is 45.7 Å². The first kappa shape index (κ1) is 19.1. The fourth-order valence-corrected chi connectivity index (χ4v) is 2.99. The van der Waals surface area contributed by atoms with Crippen molar-refractivity contribution in [2.45, 2.75) is 0 Å². The van der Waals surface area contributed by atoms with Crippen LogP contribution >= 0.6 is 0 Å². The van der Waals surface area contributed by atoms with Crippen LogP contribution in [0.15, 0.2) is 70.2 Å². The number of benzene rings is 3. The lowest BCUT2D eigenvalue weighted by molar-refractivity contribution is -0.136. The highest BCUT2D eigenvalue weighted by atomic mass is 19.1. The van der Waals surface area contributed by atoms with Crippen molar-refractivity contribution in [2.24, 2.45) is 5.10 Å². The molecule has 4 rings (SSSR count). The lowest BCUT2D eigenvalue weighted by Gasteiger charge is -2.09. The highest BCUT2D eigenvalue weighted by molar-refractivity contribution is 6.39. The number of para-hydroxylation sites is 1. The molecule has 4 aromatic rings. The first-order valence-electron chi connectivity index (χ1n) is 8.95. The van der Waals surface area contributed by atoms with Gasteiger partial charge in [-0.1, -0.05) is 36.4 Å². The number of hydrogen-bond donors (Lipinski definition) is 2. The molecular formula is C22H16FN3O4. The van der Waals surface area contributed by atoms with Crippen LogP contribution in [0.3, 0.4) is 0 Å². The van der Waals surface area contributed by atoms with Gasteiger partial charge < -0.3 is 14.5 Å². The predicted octanol–water partition coefficient (Wildman–Crippen LogP) is 3.82. The molecule has 30 heavy (non-hydrogen) atoms. The van der Waals surface area contributed by atoms with Crippen molar-refractivity contribution in [3.05, 3.63) is 72.0 Å². The molecule has 0 atom stereocenters. The molecule has 2 N–H and O–H groups in total. The number of carbonyl (C=O) groups excluding carboxylic acids is 2. The number of anilines is 1. The number of amides is 2. The number of fused-ring (bicyclic) bond motifs is 3. The fraction of sp³-hybridized carbons (Fsp3) is 0.0455. The minimum atomic E-state index is -1.02. The van der Waals surface area contributed by atoms with E-state index in [0.29, 0.717) is 16.9 Å². The summed E-state index contributed by atoms with van der Waals surface area (Å²) < 4.78 is 24.7. The first-order chi connectivity index (χ1) is 14.6. The quantitative estimate of drug-likeness (QED) is 0.307. The topological polar surface area (TPSA) is 92.9 Å². The van der Waals surface area contributed by atoms with Gasteiger partial charge in [-0.15, -0.1) is 0 Å². The van der Waals surface area contributed by atoms with Crippen molar-refractivity contribution in [3.8, 4) is 5.75 Å². The third kappa shape index (κ3) is 3.70. The van der Waals surface area contributed by atoms with Gasteiger partial charge in [0.1, 0.15) is 22.7 Å². The molecule has 0 unspecified atom stereocenters. The van der Waals surface area contributed by atoms with Crippen LogP contribution in [0.2, 0.25) is 0 Å². The van der Waals surface area contributed by atoms with E-state index in [9.17, 15) is 14.0 Å². The van der Waals surface area contributed by atoms with Gasteiger partial charge in [0.2, 0.25) is 0 Å². The normalized spacial score (nSPS) is 11.1. The molecule has 0 saturated heterocycles. The average Bonchev–Trinajstić information content (AvgIpc) is 3.11. The van der Waals surface area contributed by atoms with E-state index in [4.69, 9.17) is 9.15 Å². The highest BCUT2D eigenvalue weighted by Crippen LogP contribution is 2.36. The van der Waals surface area contributed by atoms with E-state index < -0.39 is 17.6 Å². The van der Waals surface area contributed by atoms with Gasteiger partial charge in [0.05, 0.1) is 19.0 Å². The van der Waals surface area contributed by atoms with Crippen molar-refractivity contribution in [1.29, 1.82) is 0 Å². The second-order valence-electron chi connectivity index (χ2n) is 6.32. The van der Waals surface area contributed by atoms with Crippen molar-refractivity contribution in [1.82, 2.24) is 5.43 Å². The molecule has 0 aliphatic carbocycles. The van der Waals surface area contributed by atoms with Gasteiger partial charge >= 0.3 is 11.8 Å². The first-order valence-corrected chi connectivity index (χ1v) is 8.95. The maximum Gasteiger partial charge on any atom is 0.329 e. The Labute approximate surface area is 170 Å². The van der Waals surface area contributed by atoms with E-state index in [1.54, 1.807) is 18.2 Å². The van der Waals surface area contributed by atoms with Crippen molar-refractivity contribution in [2.75, 3.05) is 12.4 Å². The smallest absolute Gasteiger partial charge is 0.329 e. The summed E-state index contributed by atoms with van der Waals surface area (Å²) >= 11 is 0. The van der Waals surface area contributed by atoms with Gasteiger partial charge in [0.15, 0.2) is 0 Å². The average molecular weight is 405 g/mol. The van der Waals surface area contributed by atoms with Gasteiger partial charge in [-0.25, -0.2) is 9.82 Å². The second kappa shape index (κ2) is 8.04. The minimum absolute atomic E-state index is 0.176. The van der Waals surface area contributed by atoms with E-state index in [1.165, 1.54) is 25.3 Å². The standard InChI is InChI=1S/C22H16FN3O4/c1-29-20-10-15-14-7-3-5-9-18(14)30-19(15)11-17(20)25-21(27)22(28)26-24-12-13-6-2-4-8-16(13)23/h2-12H,1H3,(H,25,27)(H,26,28). The van der Waals surface area contributed by atoms with Gasteiger partial charge in [-0.05, 0) is 18.2 Å². The molecule has 0 spiro atoms. The number of halogens is 1. The van der Waals surface area contributed by atoms with Crippen LogP contribution in [-0.4, -0.2) is 25.1 Å². The number of nitrogens with zero attached hydrogens (tertiary/aromatic N) is 1. The number of methoxy groups -OCH3 is 1. The maximum absolute atomic E-state index is 13.5. The van der Waals surface area contributed by atoms with Crippen LogP contribution in [0.1, 0.15) is 5.56 Å². The summed E-state index contributed by atoms with van der Waals surface area (Å²) in [6, 6.07) is 16.7. The van der Waals surface area contributed by atoms with Crippen molar-refractivity contribution in [3.63, 3.8) is 0 Å². The Bertz CT molecular complexity index is 1300. The molecule has 0 radical (unpaired) electrons. The number of carbonyl (C=O) groups is 2. The van der Waals surface area contributed by atoms with Gasteiger partial charge in [0.25, 0.3) is 0 Å². The molecule has 0 saturated carbocycles. The van der Waals surface area contributed by atoms with E-state index >= 15 is 0 Å². The van der Waals surface area contributed by atoms with Gasteiger partial charge in [-0.3, -0.25) is 9.59 Å². The van der Waals surface area contributed by atoms with Gasteiger partial charge in [0, 0.05) is 22.4 Å². The van der Waals surface area contributed by atoms with E-state index in [2.05, 4.69) is 15.8 Å². The molecule has 2 amide bonds. The summed E-state index contributed by atoms with van der Waals surface area (Å²) in [6.45, 7) is 0. The summed E-state index contributed by atoms with van der Waals surface area (Å²) in [5, 5.41) is 7.81. The van der Waals surface area contributed by atoms with Crippen LogP contribution in [0.5, 0.6) is 5.75 Å². The second-order valence-corrected chi connectivity index (χ2v) is 6.32. The molecule has 3 aromatic carbocycles. The Morgan fingerprint density at radius 1 is 1.00 bits per heavy atom. The molecular weight excluding hydrogens is 389 g/mol. The summed E-state index contributed by atoms with van der Waals surface area (Å²) in [6.07, 6.45) is 1.11. The Kier molecular flexibility index (Phi) is 5.13. The van der Waals surface area contributed by atoms with Crippen molar-refractivity contribution < 1.29 is 23.1 Å². The third-order valence-corrected chi connectivity index (χ3v) is 4.43. The lowest BCUT2D eigenvalue weighted by atomic mass is 10.1. The molecule has 0 bridgehead atoms. The molecule has 0 fully saturated rings. The Balaban J connectivity index is 1.52. The number of hydrazone groups is 1. The maximum atomic E-state index is 13.5. The number of ether oxygens (including phenoxy) is 1. The number of furan rings is 1. The summed E-state index contributed by atoms with van der Waals surface area (Å²) in [5.41, 5.74) is 3.73. The molecule has 1 heterocycles. The van der Waals surface area contributed by atoms with E-state index in [0.717, 1.165) is 17.0 Å². The SMILES string of the molecule is COc1cc2c(cc1NC(=O)C(=O)NN=Cc1ccccc1F)oc1ccccc12. The van der Waals surface area contributed by atoms with E-state index in [-0.39, 0.29) is 11.3 Å². The lowest BCUT2D eigenvalue weighted by Crippen LogP contribution is -2.32. The monoisotopic (exact) mass is 405 g/mol. The molecule has 1 aromatic heterocycles. The Hall–Kier alpha value is -4.20. The number of rotatable bonds is 4. The zero-order valence-electron chi connectivity index (χ0n) is 15.8. The summed E-state index contributed by atoms with van der Waals surface area (Å²) in [4.78, 5) is 24.3. The highest BCUT2D eigenvalue weighted by Gasteiger charge is 2.18. The van der Waals surface area contributed by atoms with Crippen LogP contribution in [-0.2, 0) is 9.59 Å². The Morgan fingerprint density at radius 2 is 1.77 bits per heavy atom. The minimum Gasteiger partial charge on any atom is -0.495 e. The predicted molar refractivity (Wildman–Crippen MR) is 111 cm³/mol. The summed E-state index contributed by atoms with van der Waals surface area (Å²) in [7, 11) is 1.46. The Morgan fingerprint density at radius 3 is 2.57 bits per heavy atom. The molecule has 150 valence electrons. The molecule has 0 aliphatic heterocycles. The molecule has 8 heteroatoms. The van der Waals surface area contributed by atoms with Crippen LogP contribution in [0.25, 0.3) is 21.9 Å². The molecule has 7 nitrogen and oxygen atoms in total. The van der Waals surface area contributed by atoms with Gasteiger partial charge in [-0.2, -0.15) is 5.10 Å². The molecule has 0 aliphatic rings.